The van der Waals surface area contributed by atoms with Crippen molar-refractivity contribution < 1.29 is 43.9 Å². The fourth-order valence-electron chi connectivity index (χ4n) is 3.06. The number of aliphatic hydroxyl groups excluding tert-OH is 3. The van der Waals surface area contributed by atoms with E-state index in [9.17, 15) is 29.7 Å². The normalized spacial score (nSPS) is 28.8. The number of carbonyl (C=O) groups is 3. The molecular weight excluding hydrogens is 396 g/mol. The standard InChI is InChI=1S/C21H34O9/c1-10(2)7-13(22)28-19-16(25)20(29-14(23)8-11(3)4)18(27)21(17(19)26)30-15(24)9-12(5)6/h7,11-12,16-21,25-27H,8-9H2,1-6H3. The fourth-order valence-corrected chi connectivity index (χ4v) is 3.06. The molecule has 1 aliphatic carbocycles. The van der Waals surface area contributed by atoms with Crippen LogP contribution in [0.5, 0.6) is 0 Å². The molecule has 1 fully saturated rings. The highest BCUT2D eigenvalue weighted by Gasteiger charge is 2.54. The molecule has 0 heterocycles. The maximum absolute atomic E-state index is 12.1. The largest absolute Gasteiger partial charge is 0.456 e. The SMILES string of the molecule is CC(C)=CC(=O)OC1C(O)C(OC(=O)CC(C)C)C(O)C(OC(=O)CC(C)C)C1O. The minimum Gasteiger partial charge on any atom is -0.456 e. The predicted molar refractivity (Wildman–Crippen MR) is 106 cm³/mol. The third-order valence-electron chi connectivity index (χ3n) is 4.36. The van der Waals surface area contributed by atoms with Gasteiger partial charge >= 0.3 is 17.9 Å². The molecule has 1 rings (SSSR count). The maximum Gasteiger partial charge on any atom is 0.331 e. The predicted octanol–water partition coefficient (Wildman–Crippen LogP) is 0.876. The lowest BCUT2D eigenvalue weighted by Gasteiger charge is -2.43. The van der Waals surface area contributed by atoms with Crippen molar-refractivity contribution >= 4 is 17.9 Å². The summed E-state index contributed by atoms with van der Waals surface area (Å²) in [4.78, 5) is 36.3. The van der Waals surface area contributed by atoms with Crippen molar-refractivity contribution in [3.8, 4) is 0 Å². The molecule has 4 unspecified atom stereocenters. The smallest absolute Gasteiger partial charge is 0.331 e. The van der Waals surface area contributed by atoms with Crippen molar-refractivity contribution in [2.45, 2.75) is 91.0 Å². The second-order valence-electron chi connectivity index (χ2n) is 8.70. The van der Waals surface area contributed by atoms with Crippen LogP contribution < -0.4 is 0 Å². The van der Waals surface area contributed by atoms with Crippen molar-refractivity contribution in [2.24, 2.45) is 11.8 Å². The number of esters is 3. The van der Waals surface area contributed by atoms with Gasteiger partial charge in [-0.15, -0.1) is 0 Å². The Hall–Kier alpha value is -1.97. The molecule has 30 heavy (non-hydrogen) atoms. The van der Waals surface area contributed by atoms with Crippen molar-refractivity contribution in [1.29, 1.82) is 0 Å². The Morgan fingerprint density at radius 2 is 1.07 bits per heavy atom. The summed E-state index contributed by atoms with van der Waals surface area (Å²) >= 11 is 0. The lowest BCUT2D eigenvalue weighted by atomic mass is 9.84. The van der Waals surface area contributed by atoms with Gasteiger partial charge in [0.1, 0.15) is 18.3 Å². The van der Waals surface area contributed by atoms with E-state index in [2.05, 4.69) is 0 Å². The zero-order valence-electron chi connectivity index (χ0n) is 18.4. The van der Waals surface area contributed by atoms with Crippen molar-refractivity contribution in [3.63, 3.8) is 0 Å². The average Bonchev–Trinajstić information content (AvgIpc) is 2.57. The number of rotatable bonds is 8. The van der Waals surface area contributed by atoms with E-state index in [1.54, 1.807) is 41.5 Å². The van der Waals surface area contributed by atoms with Gasteiger partial charge in [-0.25, -0.2) is 4.79 Å². The quantitative estimate of drug-likeness (QED) is 0.291. The number of carbonyl (C=O) groups excluding carboxylic acids is 3. The topological polar surface area (TPSA) is 140 Å². The van der Waals surface area contributed by atoms with Gasteiger partial charge in [0.15, 0.2) is 18.3 Å². The number of hydrogen-bond donors (Lipinski definition) is 3. The summed E-state index contributed by atoms with van der Waals surface area (Å²) in [7, 11) is 0. The average molecular weight is 430 g/mol. The molecule has 3 N–H and O–H groups in total. The highest BCUT2D eigenvalue weighted by atomic mass is 16.6. The van der Waals surface area contributed by atoms with Gasteiger partial charge in [0.05, 0.1) is 0 Å². The van der Waals surface area contributed by atoms with E-state index in [4.69, 9.17) is 14.2 Å². The first kappa shape index (κ1) is 26.1. The van der Waals surface area contributed by atoms with Gasteiger partial charge in [0.25, 0.3) is 0 Å². The molecule has 1 aliphatic rings. The van der Waals surface area contributed by atoms with Crippen molar-refractivity contribution in [1.82, 2.24) is 0 Å². The summed E-state index contributed by atoms with van der Waals surface area (Å²) in [6.07, 6.45) is -8.63. The molecule has 0 aromatic rings. The van der Waals surface area contributed by atoms with E-state index < -0.39 is 54.5 Å². The summed E-state index contributed by atoms with van der Waals surface area (Å²) in [5, 5.41) is 31.8. The van der Waals surface area contributed by atoms with Gasteiger partial charge in [-0.2, -0.15) is 0 Å². The van der Waals surface area contributed by atoms with E-state index in [1.165, 1.54) is 0 Å². The summed E-state index contributed by atoms with van der Waals surface area (Å²) in [5.74, 6) is -2.29. The Morgan fingerprint density at radius 1 is 0.733 bits per heavy atom. The second-order valence-corrected chi connectivity index (χ2v) is 8.70. The molecule has 0 saturated heterocycles. The number of allylic oxidation sites excluding steroid dienone is 1. The molecule has 9 nitrogen and oxygen atoms in total. The summed E-state index contributed by atoms with van der Waals surface area (Å²) in [6, 6.07) is 0. The lowest BCUT2D eigenvalue weighted by Crippen LogP contribution is -2.66. The van der Waals surface area contributed by atoms with Gasteiger partial charge in [0.2, 0.25) is 0 Å². The molecule has 0 aliphatic heterocycles. The van der Waals surface area contributed by atoms with Crippen LogP contribution in [0, 0.1) is 11.8 Å². The Kier molecular flexibility index (Phi) is 9.93. The van der Waals surface area contributed by atoms with Gasteiger partial charge in [-0.3, -0.25) is 9.59 Å². The van der Waals surface area contributed by atoms with Crippen LogP contribution in [0.15, 0.2) is 11.6 Å². The molecule has 9 heteroatoms. The van der Waals surface area contributed by atoms with Crippen LogP contribution in [0.4, 0.5) is 0 Å². The van der Waals surface area contributed by atoms with Crippen LogP contribution in [-0.4, -0.2) is 69.9 Å². The highest BCUT2D eigenvalue weighted by molar-refractivity contribution is 5.82. The first-order valence-electron chi connectivity index (χ1n) is 10.1. The van der Waals surface area contributed by atoms with E-state index >= 15 is 0 Å². The number of aliphatic hydroxyl groups is 3. The Bertz CT molecular complexity index is 598. The zero-order chi connectivity index (χ0) is 23.2. The molecule has 0 radical (unpaired) electrons. The number of ether oxygens (including phenoxy) is 3. The second kappa shape index (κ2) is 11.4. The molecule has 0 aromatic carbocycles. The van der Waals surface area contributed by atoms with E-state index in [0.29, 0.717) is 5.57 Å². The van der Waals surface area contributed by atoms with Crippen LogP contribution >= 0.6 is 0 Å². The Labute approximate surface area is 177 Å². The minimum atomic E-state index is -1.72. The van der Waals surface area contributed by atoms with Crippen LogP contribution in [0.2, 0.25) is 0 Å². The Balaban J connectivity index is 3.14. The first-order valence-corrected chi connectivity index (χ1v) is 10.1. The molecule has 4 atom stereocenters. The van der Waals surface area contributed by atoms with Crippen LogP contribution in [0.1, 0.15) is 54.4 Å². The van der Waals surface area contributed by atoms with Crippen LogP contribution in [0.3, 0.4) is 0 Å². The third kappa shape index (κ3) is 7.70. The molecule has 0 amide bonds. The first-order chi connectivity index (χ1) is 13.8. The minimum absolute atomic E-state index is 0.0263. The summed E-state index contributed by atoms with van der Waals surface area (Å²) in [6.45, 7) is 10.5. The summed E-state index contributed by atoms with van der Waals surface area (Å²) in [5.41, 5.74) is 0.625. The van der Waals surface area contributed by atoms with Crippen LogP contribution in [0.25, 0.3) is 0 Å². The van der Waals surface area contributed by atoms with E-state index in [0.717, 1.165) is 6.08 Å². The van der Waals surface area contributed by atoms with E-state index in [1.807, 2.05) is 0 Å². The fraction of sp³-hybridized carbons (Fsp3) is 0.762. The van der Waals surface area contributed by atoms with E-state index in [-0.39, 0.29) is 24.7 Å². The third-order valence-corrected chi connectivity index (χ3v) is 4.36. The number of hydrogen-bond acceptors (Lipinski definition) is 9. The Morgan fingerprint density at radius 3 is 1.37 bits per heavy atom. The van der Waals surface area contributed by atoms with Crippen molar-refractivity contribution in [2.75, 3.05) is 0 Å². The molecule has 0 aromatic heterocycles. The van der Waals surface area contributed by atoms with Gasteiger partial charge < -0.3 is 29.5 Å². The lowest BCUT2D eigenvalue weighted by molar-refractivity contribution is -0.246. The molecular formula is C21H34O9. The van der Waals surface area contributed by atoms with Crippen LogP contribution in [-0.2, 0) is 28.6 Å². The molecule has 0 spiro atoms. The zero-order valence-corrected chi connectivity index (χ0v) is 18.4. The van der Waals surface area contributed by atoms with Crippen molar-refractivity contribution in [3.05, 3.63) is 11.6 Å². The maximum atomic E-state index is 12.1. The highest BCUT2D eigenvalue weighted by Crippen LogP contribution is 2.29. The summed E-state index contributed by atoms with van der Waals surface area (Å²) < 4.78 is 15.6. The van der Waals surface area contributed by atoms with Gasteiger partial charge in [-0.05, 0) is 25.7 Å². The van der Waals surface area contributed by atoms with Gasteiger partial charge in [0, 0.05) is 18.9 Å². The molecule has 1 saturated carbocycles. The monoisotopic (exact) mass is 430 g/mol. The molecule has 0 bridgehead atoms. The molecule has 172 valence electrons. The van der Waals surface area contributed by atoms with Gasteiger partial charge in [-0.1, -0.05) is 33.3 Å².